The maximum atomic E-state index is 14.2. The molecule has 6 aromatic rings. The van der Waals surface area contributed by atoms with Crippen LogP contribution in [0, 0.1) is 11.8 Å². The Morgan fingerprint density at radius 3 is 2.60 bits per heavy atom. The smallest absolute Gasteiger partial charge is 0.264 e. The van der Waals surface area contributed by atoms with Gasteiger partial charge in [-0.3, -0.25) is 24.0 Å². The van der Waals surface area contributed by atoms with Crippen molar-refractivity contribution in [3.05, 3.63) is 137 Å². The van der Waals surface area contributed by atoms with Gasteiger partial charge in [0.05, 0.1) is 28.7 Å². The van der Waals surface area contributed by atoms with E-state index < -0.39 is 0 Å². The van der Waals surface area contributed by atoms with Gasteiger partial charge in [-0.2, -0.15) is 5.10 Å². The first-order chi connectivity index (χ1) is 19.5. The number of hydrogen-bond acceptors (Lipinski definition) is 5. The first-order valence-electron chi connectivity index (χ1n) is 12.9. The SMILES string of the molecule is C=C(NC(C)c1cc2cccc(C#Cc3cnn(C)c3)c2c(=O)n1-c1ccccc1)c1cncc2cccnc12. The zero-order valence-electron chi connectivity index (χ0n) is 22.2. The van der Waals surface area contributed by atoms with Crippen LogP contribution in [0.25, 0.3) is 33.1 Å². The summed E-state index contributed by atoms with van der Waals surface area (Å²) in [6.45, 7) is 6.31. The fourth-order valence-electron chi connectivity index (χ4n) is 4.91. The molecule has 7 nitrogen and oxygen atoms in total. The summed E-state index contributed by atoms with van der Waals surface area (Å²) in [6, 6.07) is 21.0. The van der Waals surface area contributed by atoms with E-state index in [1.807, 2.05) is 86.9 Å². The van der Waals surface area contributed by atoms with Crippen molar-refractivity contribution in [2.75, 3.05) is 0 Å². The van der Waals surface area contributed by atoms with Crippen molar-refractivity contribution in [2.45, 2.75) is 13.0 Å². The van der Waals surface area contributed by atoms with Gasteiger partial charge in [0.25, 0.3) is 5.56 Å². The Balaban J connectivity index is 1.47. The van der Waals surface area contributed by atoms with Crippen LogP contribution in [0.4, 0.5) is 0 Å². The number of hydrogen-bond donors (Lipinski definition) is 1. The van der Waals surface area contributed by atoms with Crippen molar-refractivity contribution in [3.8, 4) is 17.5 Å². The molecule has 0 saturated carbocycles. The topological polar surface area (TPSA) is 77.6 Å². The number of fused-ring (bicyclic) bond motifs is 2. The fourth-order valence-corrected chi connectivity index (χ4v) is 4.91. The van der Waals surface area contributed by atoms with Crippen molar-refractivity contribution in [3.63, 3.8) is 0 Å². The molecule has 0 aliphatic carbocycles. The Kier molecular flexibility index (Phi) is 6.43. The number of benzene rings is 2. The summed E-state index contributed by atoms with van der Waals surface area (Å²) in [5, 5.41) is 10.0. The first-order valence-corrected chi connectivity index (χ1v) is 12.9. The minimum absolute atomic E-state index is 0.137. The van der Waals surface area contributed by atoms with E-state index in [-0.39, 0.29) is 11.6 Å². The first kappa shape index (κ1) is 24.8. The fraction of sp³-hybridized carbons (Fsp3) is 0.0909. The highest BCUT2D eigenvalue weighted by Crippen LogP contribution is 2.26. The maximum absolute atomic E-state index is 14.2. The molecule has 1 N–H and O–H groups in total. The average Bonchev–Trinajstić information content (AvgIpc) is 3.40. The molecule has 2 aromatic carbocycles. The lowest BCUT2D eigenvalue weighted by molar-refractivity contribution is 0.652. The van der Waals surface area contributed by atoms with Crippen molar-refractivity contribution in [1.29, 1.82) is 0 Å². The summed E-state index contributed by atoms with van der Waals surface area (Å²) >= 11 is 0. The van der Waals surface area contributed by atoms with E-state index in [0.717, 1.165) is 38.8 Å². The Labute approximate surface area is 231 Å². The van der Waals surface area contributed by atoms with Crippen LogP contribution >= 0.6 is 0 Å². The summed E-state index contributed by atoms with van der Waals surface area (Å²) in [5.74, 6) is 6.34. The number of aryl methyl sites for hydroxylation is 1. The van der Waals surface area contributed by atoms with E-state index in [1.54, 1.807) is 34.0 Å². The van der Waals surface area contributed by atoms with Gasteiger partial charge in [-0.15, -0.1) is 0 Å². The summed E-state index contributed by atoms with van der Waals surface area (Å²) in [5.41, 5.74) is 5.18. The quantitative estimate of drug-likeness (QED) is 0.307. The van der Waals surface area contributed by atoms with Crippen LogP contribution in [-0.2, 0) is 7.05 Å². The van der Waals surface area contributed by atoms with Gasteiger partial charge in [0.15, 0.2) is 0 Å². The van der Waals surface area contributed by atoms with Gasteiger partial charge in [0, 0.05) is 65.4 Å². The molecule has 0 radical (unpaired) electrons. The molecule has 4 heterocycles. The molecular weight excluding hydrogens is 496 g/mol. The molecule has 1 unspecified atom stereocenters. The molecular formula is C33H26N6O. The van der Waals surface area contributed by atoms with Gasteiger partial charge in [-0.1, -0.05) is 48.8 Å². The van der Waals surface area contributed by atoms with E-state index in [9.17, 15) is 4.79 Å². The molecule has 194 valence electrons. The zero-order valence-corrected chi connectivity index (χ0v) is 22.2. The highest BCUT2D eigenvalue weighted by Gasteiger charge is 2.19. The Morgan fingerprint density at radius 2 is 1.80 bits per heavy atom. The molecule has 6 rings (SSSR count). The van der Waals surface area contributed by atoms with E-state index >= 15 is 0 Å². The summed E-state index contributed by atoms with van der Waals surface area (Å²) in [4.78, 5) is 23.1. The van der Waals surface area contributed by atoms with Crippen molar-refractivity contribution >= 4 is 27.4 Å². The van der Waals surface area contributed by atoms with E-state index in [1.165, 1.54) is 0 Å². The number of aromatic nitrogens is 5. The maximum Gasteiger partial charge on any atom is 0.264 e. The van der Waals surface area contributed by atoms with Crippen LogP contribution in [0.1, 0.15) is 35.3 Å². The molecule has 0 bridgehead atoms. The molecule has 7 heteroatoms. The van der Waals surface area contributed by atoms with Gasteiger partial charge in [0.2, 0.25) is 0 Å². The molecule has 0 saturated heterocycles. The Morgan fingerprint density at radius 1 is 0.975 bits per heavy atom. The second kappa shape index (κ2) is 10.4. The van der Waals surface area contributed by atoms with Crippen LogP contribution < -0.4 is 10.9 Å². The number of para-hydroxylation sites is 1. The van der Waals surface area contributed by atoms with Gasteiger partial charge < -0.3 is 5.32 Å². The molecule has 0 spiro atoms. The van der Waals surface area contributed by atoms with Crippen LogP contribution in [0.5, 0.6) is 0 Å². The van der Waals surface area contributed by atoms with Gasteiger partial charge in [-0.05, 0) is 48.7 Å². The van der Waals surface area contributed by atoms with E-state index in [2.05, 4.69) is 38.8 Å². The lowest BCUT2D eigenvalue weighted by Crippen LogP contribution is -2.28. The zero-order chi connectivity index (χ0) is 27.6. The summed E-state index contributed by atoms with van der Waals surface area (Å²) < 4.78 is 3.45. The number of pyridine rings is 3. The molecule has 0 aliphatic rings. The average molecular weight is 523 g/mol. The highest BCUT2D eigenvalue weighted by atomic mass is 16.1. The van der Waals surface area contributed by atoms with Gasteiger partial charge in [-0.25, -0.2) is 0 Å². The van der Waals surface area contributed by atoms with Crippen LogP contribution in [0.2, 0.25) is 0 Å². The number of rotatable bonds is 5. The predicted molar refractivity (Wildman–Crippen MR) is 159 cm³/mol. The highest BCUT2D eigenvalue weighted by molar-refractivity contribution is 5.90. The molecule has 1 atom stereocenters. The summed E-state index contributed by atoms with van der Waals surface area (Å²) in [7, 11) is 1.85. The lowest BCUT2D eigenvalue weighted by atomic mass is 10.0. The number of nitrogens with one attached hydrogen (secondary N) is 1. The number of nitrogens with zero attached hydrogens (tertiary/aromatic N) is 5. The minimum atomic E-state index is -0.270. The third-order valence-corrected chi connectivity index (χ3v) is 6.81. The molecule has 40 heavy (non-hydrogen) atoms. The van der Waals surface area contributed by atoms with Crippen LogP contribution in [0.15, 0.2) is 109 Å². The summed E-state index contributed by atoms with van der Waals surface area (Å²) in [6.07, 6.45) is 8.86. The molecule has 4 aromatic heterocycles. The Bertz CT molecular complexity index is 2010. The van der Waals surface area contributed by atoms with Crippen LogP contribution in [-0.4, -0.2) is 24.3 Å². The van der Waals surface area contributed by atoms with Crippen LogP contribution in [0.3, 0.4) is 0 Å². The van der Waals surface area contributed by atoms with Gasteiger partial charge in [0.1, 0.15) is 0 Å². The molecule has 0 aliphatic heterocycles. The van der Waals surface area contributed by atoms with Crippen molar-refractivity contribution < 1.29 is 0 Å². The monoisotopic (exact) mass is 522 g/mol. The van der Waals surface area contributed by atoms with Gasteiger partial charge >= 0.3 is 0 Å². The second-order valence-corrected chi connectivity index (χ2v) is 9.57. The van der Waals surface area contributed by atoms with E-state index in [4.69, 9.17) is 0 Å². The second-order valence-electron chi connectivity index (χ2n) is 9.57. The molecule has 0 fully saturated rings. The largest absolute Gasteiger partial charge is 0.377 e. The normalized spacial score (nSPS) is 11.7. The predicted octanol–water partition coefficient (Wildman–Crippen LogP) is 5.39. The standard InChI is InChI=1S/C33H26N6O/c1-22(29-20-34-19-27-11-8-16-35-32(27)29)37-23(2)30-17-26-10-7-9-25(15-14-24-18-36-38(3)21-24)31(26)33(40)39(30)28-12-5-4-6-13-28/h4-13,16-21,23,37H,1H2,2-3H3. The lowest BCUT2D eigenvalue weighted by Gasteiger charge is -2.23. The van der Waals surface area contributed by atoms with Crippen molar-refractivity contribution in [1.82, 2.24) is 29.6 Å². The van der Waals surface area contributed by atoms with Crippen molar-refractivity contribution in [2.24, 2.45) is 7.05 Å². The third-order valence-electron chi connectivity index (χ3n) is 6.81. The van der Waals surface area contributed by atoms with E-state index in [0.29, 0.717) is 16.6 Å². The molecule has 0 amide bonds. The minimum Gasteiger partial charge on any atom is -0.377 e. The third kappa shape index (κ3) is 4.63. The Hall–Kier alpha value is -5.48.